The number of nitrogens with zero attached hydrogens (tertiary/aromatic N) is 2. The van der Waals surface area contributed by atoms with E-state index in [-0.39, 0.29) is 29.2 Å². The number of carbonyl (C=O) groups excluding carboxylic acids is 1. The molecule has 1 saturated heterocycles. The summed E-state index contributed by atoms with van der Waals surface area (Å²) in [5.74, 6) is -1.91. The summed E-state index contributed by atoms with van der Waals surface area (Å²) < 4.78 is 0. The van der Waals surface area contributed by atoms with Crippen molar-refractivity contribution in [3.8, 4) is 0 Å². The normalized spacial score (nSPS) is 21.3. The Bertz CT molecular complexity index is 620. The van der Waals surface area contributed by atoms with Crippen molar-refractivity contribution in [1.82, 2.24) is 4.90 Å². The molecule has 1 aliphatic rings. The maximum absolute atomic E-state index is 12.3. The minimum Gasteiger partial charge on any atom is -0.480 e. The monoisotopic (exact) mass is 314 g/mol. The highest BCUT2D eigenvalue weighted by Crippen LogP contribution is 2.27. The first kappa shape index (κ1) is 15.2. The molecule has 1 aromatic rings. The van der Waals surface area contributed by atoms with Crippen LogP contribution in [0, 0.1) is 10.1 Å². The molecule has 0 unspecified atom stereocenters. The van der Waals surface area contributed by atoms with Crippen LogP contribution in [0.3, 0.4) is 0 Å². The third-order valence-electron chi connectivity index (χ3n) is 3.22. The van der Waals surface area contributed by atoms with Gasteiger partial charge in [0.15, 0.2) is 0 Å². The highest BCUT2D eigenvalue weighted by molar-refractivity contribution is 6.34. The van der Waals surface area contributed by atoms with Gasteiger partial charge in [-0.25, -0.2) is 4.79 Å². The first-order valence-corrected chi connectivity index (χ1v) is 6.35. The van der Waals surface area contributed by atoms with Crippen LogP contribution in [0.5, 0.6) is 0 Å². The number of likely N-dealkylation sites (tertiary alicyclic amines) is 1. The van der Waals surface area contributed by atoms with Crippen LogP contribution in [-0.4, -0.2) is 50.6 Å². The number of non-ortho nitro benzene ring substituents is 1. The Morgan fingerprint density at radius 3 is 2.62 bits per heavy atom. The summed E-state index contributed by atoms with van der Waals surface area (Å²) >= 11 is 5.85. The second-order valence-electron chi connectivity index (χ2n) is 4.62. The molecule has 0 aliphatic carbocycles. The van der Waals surface area contributed by atoms with E-state index in [2.05, 4.69) is 0 Å². The molecule has 9 heteroatoms. The predicted molar refractivity (Wildman–Crippen MR) is 71.2 cm³/mol. The van der Waals surface area contributed by atoms with Gasteiger partial charge in [-0.05, 0) is 6.07 Å². The molecule has 1 amide bonds. The smallest absolute Gasteiger partial charge is 0.326 e. The molecule has 1 aromatic carbocycles. The molecule has 0 saturated carbocycles. The van der Waals surface area contributed by atoms with Crippen LogP contribution in [0.1, 0.15) is 16.8 Å². The highest BCUT2D eigenvalue weighted by Gasteiger charge is 2.39. The van der Waals surface area contributed by atoms with Gasteiger partial charge in [0.2, 0.25) is 0 Å². The number of nitro groups is 1. The standard InChI is InChI=1S/C12H11ClN2O6/c13-9-3-6(15(20)21)1-2-8(9)11(17)14-5-7(16)4-10(14)12(18)19/h1-3,7,10,16H,4-5H2,(H,18,19)/t7-,10-/m0/s1. The largest absolute Gasteiger partial charge is 0.480 e. The van der Waals surface area contributed by atoms with Crippen LogP contribution >= 0.6 is 11.6 Å². The molecule has 0 aromatic heterocycles. The zero-order valence-corrected chi connectivity index (χ0v) is 11.4. The number of nitro benzene ring substituents is 1. The van der Waals surface area contributed by atoms with Crippen molar-refractivity contribution in [3.63, 3.8) is 0 Å². The van der Waals surface area contributed by atoms with Crippen LogP contribution in [0.25, 0.3) is 0 Å². The number of aliphatic carboxylic acids is 1. The first-order chi connectivity index (χ1) is 9.81. The molecule has 1 aliphatic heterocycles. The zero-order valence-electron chi connectivity index (χ0n) is 10.6. The van der Waals surface area contributed by atoms with E-state index in [0.29, 0.717) is 0 Å². The van der Waals surface area contributed by atoms with Gasteiger partial charge in [-0.15, -0.1) is 0 Å². The molecule has 0 radical (unpaired) electrons. The van der Waals surface area contributed by atoms with Crippen molar-refractivity contribution >= 4 is 29.2 Å². The molecule has 2 rings (SSSR count). The third kappa shape index (κ3) is 2.96. The van der Waals surface area contributed by atoms with Gasteiger partial charge >= 0.3 is 5.97 Å². The number of halogens is 1. The van der Waals surface area contributed by atoms with Crippen molar-refractivity contribution in [1.29, 1.82) is 0 Å². The average molecular weight is 315 g/mol. The van der Waals surface area contributed by atoms with Crippen LogP contribution in [0.2, 0.25) is 5.02 Å². The van der Waals surface area contributed by atoms with Gasteiger partial charge in [-0.1, -0.05) is 11.6 Å². The van der Waals surface area contributed by atoms with Gasteiger partial charge < -0.3 is 15.1 Å². The predicted octanol–water partition coefficient (Wildman–Crippen LogP) is 0.908. The molecule has 1 fully saturated rings. The number of aliphatic hydroxyl groups is 1. The SMILES string of the molecule is O=C(O)[C@@H]1C[C@H](O)CN1C(=O)c1ccc([N+](=O)[O-])cc1Cl. The van der Waals surface area contributed by atoms with Gasteiger partial charge in [-0.3, -0.25) is 14.9 Å². The average Bonchev–Trinajstić information content (AvgIpc) is 2.80. The van der Waals surface area contributed by atoms with E-state index in [1.54, 1.807) is 0 Å². The Kier molecular flexibility index (Phi) is 4.10. The summed E-state index contributed by atoms with van der Waals surface area (Å²) in [6.07, 6.45) is -0.988. The number of carbonyl (C=O) groups is 2. The Balaban J connectivity index is 2.31. The number of carboxylic acids is 1. The van der Waals surface area contributed by atoms with Crippen molar-refractivity contribution in [2.75, 3.05) is 6.54 Å². The summed E-state index contributed by atoms with van der Waals surface area (Å²) in [5.41, 5.74) is -0.310. The lowest BCUT2D eigenvalue weighted by Crippen LogP contribution is -2.40. The molecular formula is C12H11ClN2O6. The lowest BCUT2D eigenvalue weighted by Gasteiger charge is -2.21. The lowest BCUT2D eigenvalue weighted by molar-refractivity contribution is -0.384. The van der Waals surface area contributed by atoms with E-state index in [9.17, 15) is 24.8 Å². The van der Waals surface area contributed by atoms with E-state index in [0.717, 1.165) is 17.0 Å². The molecule has 0 bridgehead atoms. The number of β-amino-alcohol motifs (C(OH)–C–C–N with tert-alkyl or cyclic N) is 1. The fourth-order valence-corrected chi connectivity index (χ4v) is 2.47. The number of aliphatic hydroxyl groups excluding tert-OH is 1. The number of amides is 1. The van der Waals surface area contributed by atoms with Crippen LogP contribution in [0.15, 0.2) is 18.2 Å². The van der Waals surface area contributed by atoms with Gasteiger partial charge in [0, 0.05) is 25.1 Å². The lowest BCUT2D eigenvalue weighted by atomic mass is 10.1. The highest BCUT2D eigenvalue weighted by atomic mass is 35.5. The fraction of sp³-hybridized carbons (Fsp3) is 0.333. The summed E-state index contributed by atoms with van der Waals surface area (Å²) in [4.78, 5) is 34.4. The first-order valence-electron chi connectivity index (χ1n) is 5.97. The number of hydrogen-bond acceptors (Lipinski definition) is 5. The maximum atomic E-state index is 12.3. The Morgan fingerprint density at radius 2 is 2.10 bits per heavy atom. The van der Waals surface area contributed by atoms with Gasteiger partial charge in [0.1, 0.15) is 6.04 Å². The van der Waals surface area contributed by atoms with E-state index < -0.39 is 28.9 Å². The third-order valence-corrected chi connectivity index (χ3v) is 3.53. The molecule has 8 nitrogen and oxygen atoms in total. The summed E-state index contributed by atoms with van der Waals surface area (Å²) in [6.45, 7) is -0.122. The number of benzene rings is 1. The molecule has 2 atom stereocenters. The maximum Gasteiger partial charge on any atom is 0.326 e. The van der Waals surface area contributed by atoms with Crippen molar-refractivity contribution in [2.24, 2.45) is 0 Å². The summed E-state index contributed by atoms with van der Waals surface area (Å²) in [7, 11) is 0. The molecule has 0 spiro atoms. The van der Waals surface area contributed by atoms with Crippen LogP contribution in [-0.2, 0) is 4.79 Å². The number of hydrogen-bond donors (Lipinski definition) is 2. The van der Waals surface area contributed by atoms with E-state index in [4.69, 9.17) is 16.7 Å². The quantitative estimate of drug-likeness (QED) is 0.631. The Morgan fingerprint density at radius 1 is 1.43 bits per heavy atom. The minimum absolute atomic E-state index is 0.0392. The summed E-state index contributed by atoms with van der Waals surface area (Å²) in [6, 6.07) is 2.17. The van der Waals surface area contributed by atoms with E-state index in [1.807, 2.05) is 0 Å². The van der Waals surface area contributed by atoms with Gasteiger partial charge in [-0.2, -0.15) is 0 Å². The second-order valence-corrected chi connectivity index (χ2v) is 5.03. The Hall–Kier alpha value is -2.19. The number of carboxylic acid groups (broad SMARTS) is 1. The molecule has 1 heterocycles. The van der Waals surface area contributed by atoms with Gasteiger partial charge in [0.25, 0.3) is 11.6 Å². The fourth-order valence-electron chi connectivity index (χ4n) is 2.22. The molecule has 112 valence electrons. The van der Waals surface area contributed by atoms with Crippen molar-refractivity contribution in [2.45, 2.75) is 18.6 Å². The summed E-state index contributed by atoms with van der Waals surface area (Å²) in [5, 5.41) is 29.1. The molecule has 2 N–H and O–H groups in total. The van der Waals surface area contributed by atoms with Crippen molar-refractivity contribution in [3.05, 3.63) is 38.9 Å². The van der Waals surface area contributed by atoms with Crippen molar-refractivity contribution < 1.29 is 24.7 Å². The van der Waals surface area contributed by atoms with Gasteiger partial charge in [0.05, 0.1) is 21.6 Å². The number of rotatable bonds is 3. The topological polar surface area (TPSA) is 121 Å². The molecular weight excluding hydrogens is 304 g/mol. The molecule has 21 heavy (non-hydrogen) atoms. The van der Waals surface area contributed by atoms with Crippen LogP contribution in [0.4, 0.5) is 5.69 Å². The van der Waals surface area contributed by atoms with Crippen LogP contribution < -0.4 is 0 Å². The Labute approximate surface area is 123 Å². The van der Waals surface area contributed by atoms with E-state index in [1.165, 1.54) is 6.07 Å². The minimum atomic E-state index is -1.22. The second kappa shape index (κ2) is 5.66. The van der Waals surface area contributed by atoms with E-state index >= 15 is 0 Å². The zero-order chi connectivity index (χ0) is 15.7.